The normalized spacial score (nSPS) is 10.4. The standard InChI is InChI=1S/C14H13ClFNOS/c15-11-3-1-2-4-14(11)18-7-8-19-10-5-6-13(17)12(16)9-10/h1-6,9H,7-8,17H2. The second kappa shape index (κ2) is 6.68. The molecular formula is C14H13ClFNOS. The molecule has 0 aromatic heterocycles. The van der Waals surface area contributed by atoms with Crippen molar-refractivity contribution < 1.29 is 9.13 Å². The van der Waals surface area contributed by atoms with Gasteiger partial charge in [-0.15, -0.1) is 11.8 Å². The molecule has 0 spiro atoms. The van der Waals surface area contributed by atoms with E-state index in [4.69, 9.17) is 22.1 Å². The highest BCUT2D eigenvalue weighted by molar-refractivity contribution is 7.99. The van der Waals surface area contributed by atoms with Crippen LogP contribution in [0.5, 0.6) is 5.75 Å². The van der Waals surface area contributed by atoms with E-state index in [1.165, 1.54) is 17.8 Å². The SMILES string of the molecule is Nc1ccc(SCCOc2ccccc2Cl)cc1F. The average Bonchev–Trinajstić information content (AvgIpc) is 2.40. The fraction of sp³-hybridized carbons (Fsp3) is 0.143. The zero-order valence-electron chi connectivity index (χ0n) is 10.1. The lowest BCUT2D eigenvalue weighted by Gasteiger charge is -2.07. The van der Waals surface area contributed by atoms with Crippen molar-refractivity contribution in [1.29, 1.82) is 0 Å². The first-order chi connectivity index (χ1) is 9.16. The number of hydrogen-bond donors (Lipinski definition) is 1. The van der Waals surface area contributed by atoms with Crippen molar-refractivity contribution in [2.45, 2.75) is 4.90 Å². The monoisotopic (exact) mass is 297 g/mol. The fourth-order valence-electron chi connectivity index (χ4n) is 1.47. The van der Waals surface area contributed by atoms with Crippen molar-refractivity contribution in [1.82, 2.24) is 0 Å². The van der Waals surface area contributed by atoms with E-state index in [0.717, 1.165) is 4.90 Å². The van der Waals surface area contributed by atoms with Crippen molar-refractivity contribution in [2.75, 3.05) is 18.1 Å². The number of ether oxygens (including phenoxy) is 1. The number of anilines is 1. The summed E-state index contributed by atoms with van der Waals surface area (Å²) in [6.07, 6.45) is 0. The molecule has 19 heavy (non-hydrogen) atoms. The summed E-state index contributed by atoms with van der Waals surface area (Å²) in [6, 6.07) is 12.1. The van der Waals surface area contributed by atoms with Gasteiger partial charge in [-0.3, -0.25) is 0 Å². The highest BCUT2D eigenvalue weighted by atomic mass is 35.5. The molecule has 2 nitrogen and oxygen atoms in total. The van der Waals surface area contributed by atoms with Gasteiger partial charge >= 0.3 is 0 Å². The molecule has 0 heterocycles. The largest absolute Gasteiger partial charge is 0.491 e. The molecule has 2 aromatic rings. The summed E-state index contributed by atoms with van der Waals surface area (Å²) >= 11 is 7.47. The van der Waals surface area contributed by atoms with Crippen LogP contribution in [-0.4, -0.2) is 12.4 Å². The smallest absolute Gasteiger partial charge is 0.147 e. The summed E-state index contributed by atoms with van der Waals surface area (Å²) in [5.41, 5.74) is 5.58. The molecule has 0 bridgehead atoms. The van der Waals surface area contributed by atoms with Crippen LogP contribution in [-0.2, 0) is 0 Å². The van der Waals surface area contributed by atoms with Crippen LogP contribution in [0.15, 0.2) is 47.4 Å². The summed E-state index contributed by atoms with van der Waals surface area (Å²) < 4.78 is 18.8. The van der Waals surface area contributed by atoms with E-state index in [0.29, 0.717) is 23.1 Å². The van der Waals surface area contributed by atoms with Crippen LogP contribution >= 0.6 is 23.4 Å². The molecule has 0 amide bonds. The predicted molar refractivity (Wildman–Crippen MR) is 78.5 cm³/mol. The third-order valence-electron chi connectivity index (χ3n) is 2.42. The summed E-state index contributed by atoms with van der Waals surface area (Å²) in [5.74, 6) is 0.972. The van der Waals surface area contributed by atoms with Gasteiger partial charge in [0.25, 0.3) is 0 Å². The quantitative estimate of drug-likeness (QED) is 0.509. The van der Waals surface area contributed by atoms with E-state index in [-0.39, 0.29) is 5.69 Å². The number of nitrogens with two attached hydrogens (primary N) is 1. The van der Waals surface area contributed by atoms with E-state index >= 15 is 0 Å². The van der Waals surface area contributed by atoms with Gasteiger partial charge in [-0.2, -0.15) is 0 Å². The van der Waals surface area contributed by atoms with Crippen LogP contribution in [0.2, 0.25) is 5.02 Å². The van der Waals surface area contributed by atoms with Crippen molar-refractivity contribution in [3.8, 4) is 5.75 Å². The molecule has 0 fully saturated rings. The summed E-state index contributed by atoms with van der Waals surface area (Å²) in [4.78, 5) is 0.828. The van der Waals surface area contributed by atoms with E-state index in [1.807, 2.05) is 18.2 Å². The van der Waals surface area contributed by atoms with Gasteiger partial charge in [0.05, 0.1) is 17.3 Å². The van der Waals surface area contributed by atoms with Gasteiger partial charge in [0, 0.05) is 10.6 Å². The minimum absolute atomic E-state index is 0.164. The Bertz CT molecular complexity index is 565. The first-order valence-corrected chi connectivity index (χ1v) is 7.08. The van der Waals surface area contributed by atoms with Gasteiger partial charge in [-0.1, -0.05) is 23.7 Å². The third kappa shape index (κ3) is 4.04. The van der Waals surface area contributed by atoms with E-state index in [1.54, 1.807) is 18.2 Å². The van der Waals surface area contributed by atoms with Crippen LogP contribution in [0.4, 0.5) is 10.1 Å². The number of hydrogen-bond acceptors (Lipinski definition) is 3. The molecule has 100 valence electrons. The Morgan fingerprint density at radius 1 is 1.21 bits per heavy atom. The highest BCUT2D eigenvalue weighted by Gasteiger charge is 2.02. The molecule has 0 unspecified atom stereocenters. The summed E-state index contributed by atoms with van der Waals surface area (Å²) in [6.45, 7) is 0.500. The van der Waals surface area contributed by atoms with Gasteiger partial charge in [0.15, 0.2) is 0 Å². The average molecular weight is 298 g/mol. The Kier molecular flexibility index (Phi) is 4.93. The lowest BCUT2D eigenvalue weighted by atomic mass is 10.3. The topological polar surface area (TPSA) is 35.2 Å². The first kappa shape index (κ1) is 14.0. The lowest BCUT2D eigenvalue weighted by Crippen LogP contribution is -2.00. The molecule has 2 aromatic carbocycles. The maximum absolute atomic E-state index is 13.2. The van der Waals surface area contributed by atoms with Gasteiger partial charge in [-0.25, -0.2) is 4.39 Å². The van der Waals surface area contributed by atoms with Gasteiger partial charge < -0.3 is 10.5 Å². The Morgan fingerprint density at radius 2 is 2.00 bits per heavy atom. The lowest BCUT2D eigenvalue weighted by molar-refractivity contribution is 0.344. The van der Waals surface area contributed by atoms with Crippen LogP contribution < -0.4 is 10.5 Å². The third-order valence-corrected chi connectivity index (χ3v) is 3.69. The molecule has 0 aliphatic heterocycles. The Hall–Kier alpha value is -1.39. The number of halogens is 2. The number of rotatable bonds is 5. The van der Waals surface area contributed by atoms with E-state index < -0.39 is 5.82 Å². The van der Waals surface area contributed by atoms with Crippen LogP contribution in [0, 0.1) is 5.82 Å². The van der Waals surface area contributed by atoms with Crippen molar-refractivity contribution >= 4 is 29.1 Å². The van der Waals surface area contributed by atoms with Crippen LogP contribution in [0.1, 0.15) is 0 Å². The Balaban J connectivity index is 1.81. The molecular weight excluding hydrogens is 285 g/mol. The highest BCUT2D eigenvalue weighted by Crippen LogP contribution is 2.25. The van der Waals surface area contributed by atoms with E-state index in [9.17, 15) is 4.39 Å². The van der Waals surface area contributed by atoms with Crippen molar-refractivity contribution in [3.63, 3.8) is 0 Å². The van der Waals surface area contributed by atoms with Gasteiger partial charge in [-0.05, 0) is 30.3 Å². The second-order valence-electron chi connectivity index (χ2n) is 3.81. The second-order valence-corrected chi connectivity index (χ2v) is 5.39. The maximum atomic E-state index is 13.2. The molecule has 0 saturated heterocycles. The molecule has 0 radical (unpaired) electrons. The summed E-state index contributed by atoms with van der Waals surface area (Å²) in [7, 11) is 0. The predicted octanol–water partition coefficient (Wildman–Crippen LogP) is 4.23. The van der Waals surface area contributed by atoms with Crippen molar-refractivity contribution in [2.24, 2.45) is 0 Å². The number of nitrogen functional groups attached to an aromatic ring is 1. The van der Waals surface area contributed by atoms with Crippen LogP contribution in [0.3, 0.4) is 0 Å². The fourth-order valence-corrected chi connectivity index (χ4v) is 2.41. The van der Waals surface area contributed by atoms with Crippen LogP contribution in [0.25, 0.3) is 0 Å². The zero-order valence-corrected chi connectivity index (χ0v) is 11.7. The molecule has 0 atom stereocenters. The van der Waals surface area contributed by atoms with Gasteiger partial charge in [0.1, 0.15) is 11.6 Å². The number of benzene rings is 2. The zero-order chi connectivity index (χ0) is 13.7. The summed E-state index contributed by atoms with van der Waals surface area (Å²) in [5, 5.41) is 0.589. The van der Waals surface area contributed by atoms with Gasteiger partial charge in [0.2, 0.25) is 0 Å². The first-order valence-electron chi connectivity index (χ1n) is 5.72. The molecule has 2 N–H and O–H groups in total. The molecule has 0 aliphatic rings. The molecule has 0 aliphatic carbocycles. The minimum Gasteiger partial charge on any atom is -0.491 e. The van der Waals surface area contributed by atoms with Crippen molar-refractivity contribution in [3.05, 3.63) is 53.3 Å². The Morgan fingerprint density at radius 3 is 2.74 bits per heavy atom. The molecule has 0 saturated carbocycles. The number of thioether (sulfide) groups is 1. The number of para-hydroxylation sites is 1. The molecule has 2 rings (SSSR count). The minimum atomic E-state index is -0.392. The van der Waals surface area contributed by atoms with E-state index in [2.05, 4.69) is 0 Å². The maximum Gasteiger partial charge on any atom is 0.147 e. The molecule has 5 heteroatoms. The Labute approximate surface area is 120 Å².